The van der Waals surface area contributed by atoms with Gasteiger partial charge in [0.15, 0.2) is 5.82 Å². The number of halogens is 3. The summed E-state index contributed by atoms with van der Waals surface area (Å²) in [4.78, 5) is 25.1. The summed E-state index contributed by atoms with van der Waals surface area (Å²) in [6, 6.07) is 1.47. The molecule has 2 fully saturated rings. The summed E-state index contributed by atoms with van der Waals surface area (Å²) in [7, 11) is 0. The molecule has 30 heavy (non-hydrogen) atoms. The zero-order valence-electron chi connectivity index (χ0n) is 16.6. The Morgan fingerprint density at radius 1 is 1.33 bits per heavy atom. The third-order valence-corrected chi connectivity index (χ3v) is 5.55. The number of amides is 1. The Bertz CT molecular complexity index is 1010. The second-order valence-electron chi connectivity index (χ2n) is 8.66. The molecule has 164 valence electrons. The van der Waals surface area contributed by atoms with Gasteiger partial charge in [0.25, 0.3) is 5.56 Å². The van der Waals surface area contributed by atoms with Gasteiger partial charge in [-0.25, -0.2) is 9.20 Å². The number of rotatable bonds is 7. The van der Waals surface area contributed by atoms with Crippen LogP contribution in [0.2, 0.25) is 0 Å². The summed E-state index contributed by atoms with van der Waals surface area (Å²) in [6.07, 6.45) is -2.67. The first-order chi connectivity index (χ1) is 14.0. The SMILES string of the molecule is CC1(O)CC(NC(=O)Cn2nc(CCCC(F)(F)F)n3nc(C4CC4)cc3c2=O)C1. The first-order valence-electron chi connectivity index (χ1n) is 10.1. The molecule has 2 aliphatic rings. The minimum Gasteiger partial charge on any atom is -0.390 e. The fourth-order valence-electron chi connectivity index (χ4n) is 3.91. The number of aliphatic hydroxyl groups is 1. The van der Waals surface area contributed by atoms with Crippen LogP contribution >= 0.6 is 0 Å². The van der Waals surface area contributed by atoms with Gasteiger partial charge in [-0.05, 0) is 45.1 Å². The summed E-state index contributed by atoms with van der Waals surface area (Å²) in [6.45, 7) is 1.34. The van der Waals surface area contributed by atoms with Gasteiger partial charge < -0.3 is 10.4 Å². The molecule has 0 aromatic carbocycles. The van der Waals surface area contributed by atoms with Crippen LogP contribution in [0.1, 0.15) is 62.9 Å². The van der Waals surface area contributed by atoms with Gasteiger partial charge in [-0.3, -0.25) is 9.59 Å². The number of nitrogens with one attached hydrogen (secondary N) is 1. The summed E-state index contributed by atoms with van der Waals surface area (Å²) in [5.41, 5.74) is -0.364. The second-order valence-corrected chi connectivity index (χ2v) is 8.66. The number of fused-ring (bicyclic) bond motifs is 1. The van der Waals surface area contributed by atoms with Gasteiger partial charge in [0.05, 0.1) is 11.3 Å². The lowest BCUT2D eigenvalue weighted by Gasteiger charge is -2.41. The van der Waals surface area contributed by atoms with Crippen LogP contribution in [0, 0.1) is 0 Å². The smallest absolute Gasteiger partial charge is 0.389 e. The summed E-state index contributed by atoms with van der Waals surface area (Å²) in [5.74, 6) is 0.0493. The highest BCUT2D eigenvalue weighted by Crippen LogP contribution is 2.39. The predicted molar refractivity (Wildman–Crippen MR) is 100 cm³/mol. The largest absolute Gasteiger partial charge is 0.390 e. The van der Waals surface area contributed by atoms with Crippen LogP contribution in [0.4, 0.5) is 13.2 Å². The van der Waals surface area contributed by atoms with Crippen molar-refractivity contribution in [2.45, 2.75) is 82.2 Å². The Kier molecular flexibility index (Phi) is 5.11. The number of aromatic nitrogens is 4. The Morgan fingerprint density at radius 3 is 2.63 bits per heavy atom. The first kappa shape index (κ1) is 20.8. The van der Waals surface area contributed by atoms with Crippen molar-refractivity contribution in [1.82, 2.24) is 24.7 Å². The molecule has 0 spiro atoms. The molecule has 0 radical (unpaired) electrons. The molecule has 0 bridgehead atoms. The maximum Gasteiger partial charge on any atom is 0.389 e. The van der Waals surface area contributed by atoms with Crippen LogP contribution in [-0.4, -0.2) is 48.2 Å². The monoisotopic (exact) mass is 427 g/mol. The van der Waals surface area contributed by atoms with Crippen molar-refractivity contribution in [2.75, 3.05) is 0 Å². The van der Waals surface area contributed by atoms with E-state index in [1.165, 1.54) is 4.52 Å². The van der Waals surface area contributed by atoms with E-state index >= 15 is 0 Å². The van der Waals surface area contributed by atoms with Gasteiger partial charge in [0.1, 0.15) is 12.1 Å². The van der Waals surface area contributed by atoms with Crippen LogP contribution in [0.15, 0.2) is 10.9 Å². The van der Waals surface area contributed by atoms with Crippen LogP contribution in [0.3, 0.4) is 0 Å². The molecule has 0 unspecified atom stereocenters. The van der Waals surface area contributed by atoms with Crippen molar-refractivity contribution in [2.24, 2.45) is 0 Å². The highest BCUT2D eigenvalue weighted by molar-refractivity contribution is 5.76. The number of alkyl halides is 3. The number of carbonyl (C=O) groups is 1. The van der Waals surface area contributed by atoms with Gasteiger partial charge in [0.2, 0.25) is 5.91 Å². The number of aryl methyl sites for hydroxylation is 1. The maximum atomic E-state index is 12.8. The summed E-state index contributed by atoms with van der Waals surface area (Å²) in [5, 5.41) is 21.1. The highest BCUT2D eigenvalue weighted by atomic mass is 19.4. The molecule has 2 saturated carbocycles. The molecular formula is C19H24F3N5O3. The van der Waals surface area contributed by atoms with Crippen molar-refractivity contribution in [1.29, 1.82) is 0 Å². The number of carbonyl (C=O) groups excluding carboxylic acids is 1. The van der Waals surface area contributed by atoms with Crippen LogP contribution in [0.5, 0.6) is 0 Å². The van der Waals surface area contributed by atoms with Crippen LogP contribution in [0.25, 0.3) is 5.52 Å². The number of hydrogen-bond acceptors (Lipinski definition) is 5. The zero-order chi connectivity index (χ0) is 21.7. The molecule has 2 N–H and O–H groups in total. The topological polar surface area (TPSA) is 102 Å². The molecule has 4 rings (SSSR count). The Labute approximate surface area is 170 Å². The van der Waals surface area contributed by atoms with Crippen LogP contribution < -0.4 is 10.9 Å². The molecule has 0 atom stereocenters. The van der Waals surface area contributed by atoms with Gasteiger partial charge in [-0.1, -0.05) is 0 Å². The van der Waals surface area contributed by atoms with Crippen LogP contribution in [-0.2, 0) is 17.8 Å². The van der Waals surface area contributed by atoms with E-state index in [9.17, 15) is 27.9 Å². The molecule has 2 heterocycles. The van der Waals surface area contributed by atoms with E-state index in [2.05, 4.69) is 15.5 Å². The maximum absolute atomic E-state index is 12.8. The van der Waals surface area contributed by atoms with Gasteiger partial charge in [0, 0.05) is 24.8 Å². The van der Waals surface area contributed by atoms with Gasteiger partial charge in [-0.2, -0.15) is 23.4 Å². The lowest BCUT2D eigenvalue weighted by molar-refractivity contribution is -0.135. The third kappa shape index (κ3) is 4.66. The minimum atomic E-state index is -4.28. The first-order valence-corrected chi connectivity index (χ1v) is 10.1. The van der Waals surface area contributed by atoms with E-state index in [4.69, 9.17) is 0 Å². The van der Waals surface area contributed by atoms with E-state index in [1.807, 2.05) is 0 Å². The molecular weight excluding hydrogens is 403 g/mol. The van der Waals surface area contributed by atoms with Gasteiger partial charge >= 0.3 is 6.18 Å². The summed E-state index contributed by atoms with van der Waals surface area (Å²) < 4.78 is 40.0. The minimum absolute atomic E-state index is 0.0187. The standard InChI is InChI=1S/C19H24F3N5O3/c1-18(30)8-12(9-18)23-16(28)10-26-17(29)14-7-13(11-4-5-11)24-27(14)15(25-26)3-2-6-19(20,21)22/h7,11-12,30H,2-6,8-10H2,1H3,(H,23,28). The average Bonchev–Trinajstić information content (AvgIpc) is 3.34. The Hall–Kier alpha value is -2.43. The molecule has 0 aliphatic heterocycles. The van der Waals surface area contributed by atoms with Crippen molar-refractivity contribution in [3.63, 3.8) is 0 Å². The molecule has 2 aromatic heterocycles. The lowest BCUT2D eigenvalue weighted by atomic mass is 9.77. The van der Waals surface area contributed by atoms with E-state index in [-0.39, 0.29) is 42.7 Å². The highest BCUT2D eigenvalue weighted by Gasteiger charge is 2.39. The molecule has 2 aliphatic carbocycles. The summed E-state index contributed by atoms with van der Waals surface area (Å²) >= 11 is 0. The molecule has 1 amide bonds. The quantitative estimate of drug-likeness (QED) is 0.700. The fraction of sp³-hybridized carbons (Fsp3) is 0.684. The van der Waals surface area contributed by atoms with Crippen molar-refractivity contribution in [3.05, 3.63) is 27.9 Å². The third-order valence-electron chi connectivity index (χ3n) is 5.55. The van der Waals surface area contributed by atoms with Gasteiger partial charge in [-0.15, -0.1) is 0 Å². The predicted octanol–water partition coefficient (Wildman–Crippen LogP) is 1.68. The normalized spacial score (nSPS) is 24.1. The zero-order valence-corrected chi connectivity index (χ0v) is 16.6. The molecule has 0 saturated heterocycles. The van der Waals surface area contributed by atoms with Crippen molar-refractivity contribution >= 4 is 11.4 Å². The van der Waals surface area contributed by atoms with E-state index in [0.29, 0.717) is 12.8 Å². The molecule has 8 nitrogen and oxygen atoms in total. The fourth-order valence-corrected chi connectivity index (χ4v) is 3.91. The number of hydrogen-bond donors (Lipinski definition) is 2. The van der Waals surface area contributed by atoms with E-state index in [0.717, 1.165) is 23.2 Å². The molecule has 11 heteroatoms. The average molecular weight is 427 g/mol. The van der Waals surface area contributed by atoms with E-state index < -0.39 is 29.7 Å². The van der Waals surface area contributed by atoms with Crippen molar-refractivity contribution < 1.29 is 23.1 Å². The second kappa shape index (κ2) is 7.36. The van der Waals surface area contributed by atoms with E-state index in [1.54, 1.807) is 13.0 Å². The Morgan fingerprint density at radius 2 is 2.03 bits per heavy atom. The Balaban J connectivity index is 1.56. The molecule has 2 aromatic rings. The number of nitrogens with zero attached hydrogens (tertiary/aromatic N) is 4. The van der Waals surface area contributed by atoms with Crippen molar-refractivity contribution in [3.8, 4) is 0 Å². The lowest BCUT2D eigenvalue weighted by Crippen LogP contribution is -2.54.